The van der Waals surface area contributed by atoms with Crippen LogP contribution in [0.5, 0.6) is 0 Å². The molecule has 1 amide bonds. The van der Waals surface area contributed by atoms with Crippen molar-refractivity contribution in [3.05, 3.63) is 20.8 Å². The minimum atomic E-state index is 0.156. The molecule has 0 bridgehead atoms. The van der Waals surface area contributed by atoms with Crippen molar-refractivity contribution < 1.29 is 4.79 Å². The fraction of sp³-hybridized carbons (Fsp3) is 0.545. The number of carbonyl (C=O) groups excluding carboxylic acids is 1. The Morgan fingerprint density at radius 2 is 2.38 bits per heavy atom. The van der Waals surface area contributed by atoms with E-state index < -0.39 is 0 Å². The van der Waals surface area contributed by atoms with Crippen molar-refractivity contribution in [1.29, 1.82) is 0 Å². The maximum atomic E-state index is 11.9. The molecule has 0 radical (unpaired) electrons. The van der Waals surface area contributed by atoms with Crippen molar-refractivity contribution in [2.24, 2.45) is 11.7 Å². The maximum Gasteiger partial charge on any atom is 0.225 e. The van der Waals surface area contributed by atoms with E-state index in [1.807, 2.05) is 12.4 Å². The van der Waals surface area contributed by atoms with Crippen molar-refractivity contribution in [2.45, 2.75) is 25.4 Å². The summed E-state index contributed by atoms with van der Waals surface area (Å²) >= 11 is 5.08. The molecule has 1 aromatic heterocycles. The summed E-state index contributed by atoms with van der Waals surface area (Å²) in [6, 6.07) is 2.29. The molecule has 1 heterocycles. The van der Waals surface area contributed by atoms with E-state index in [9.17, 15) is 4.79 Å². The molecule has 16 heavy (non-hydrogen) atoms. The van der Waals surface area contributed by atoms with E-state index in [2.05, 4.69) is 22.0 Å². The van der Waals surface area contributed by atoms with Gasteiger partial charge in [0.25, 0.3) is 0 Å². The van der Waals surface area contributed by atoms with E-state index in [1.54, 1.807) is 16.2 Å². The molecule has 1 fully saturated rings. The number of carbonyl (C=O) groups is 1. The van der Waals surface area contributed by atoms with Gasteiger partial charge in [-0.05, 0) is 34.8 Å². The van der Waals surface area contributed by atoms with E-state index in [0.29, 0.717) is 6.54 Å². The monoisotopic (exact) mass is 302 g/mol. The van der Waals surface area contributed by atoms with Crippen molar-refractivity contribution >= 4 is 33.2 Å². The molecule has 1 aromatic rings. The van der Waals surface area contributed by atoms with Crippen LogP contribution in [-0.4, -0.2) is 23.9 Å². The van der Waals surface area contributed by atoms with Gasteiger partial charge in [-0.25, -0.2) is 0 Å². The van der Waals surface area contributed by atoms with Crippen LogP contribution in [0.15, 0.2) is 15.9 Å². The number of hydrogen-bond donors (Lipinski definition) is 1. The lowest BCUT2D eigenvalue weighted by molar-refractivity contribution is -0.137. The van der Waals surface area contributed by atoms with Crippen LogP contribution in [0, 0.1) is 5.92 Å². The number of nitrogens with zero attached hydrogens (tertiary/aromatic N) is 1. The van der Waals surface area contributed by atoms with Crippen LogP contribution in [0.3, 0.4) is 0 Å². The smallest absolute Gasteiger partial charge is 0.225 e. The highest BCUT2D eigenvalue weighted by molar-refractivity contribution is 9.10. The molecule has 3 nitrogen and oxygen atoms in total. The number of nitrogens with two attached hydrogens (primary N) is 1. The minimum Gasteiger partial charge on any atom is -0.340 e. The third kappa shape index (κ3) is 2.64. The first-order valence-corrected chi connectivity index (χ1v) is 6.97. The number of thiophene rings is 1. The predicted octanol–water partition coefficient (Wildman–Crippen LogP) is 2.21. The zero-order valence-electron chi connectivity index (χ0n) is 9.15. The highest BCUT2D eigenvalue weighted by Crippen LogP contribution is 2.28. The third-order valence-electron chi connectivity index (χ3n) is 2.91. The molecule has 2 rings (SSSR count). The van der Waals surface area contributed by atoms with Crippen molar-refractivity contribution in [3.8, 4) is 0 Å². The second-order valence-electron chi connectivity index (χ2n) is 4.35. The Bertz CT molecular complexity index is 387. The second-order valence-corrected chi connectivity index (χ2v) is 6.27. The maximum absolute atomic E-state index is 11.9. The first kappa shape index (κ1) is 12.1. The van der Waals surface area contributed by atoms with Crippen molar-refractivity contribution in [2.75, 3.05) is 7.05 Å². The van der Waals surface area contributed by atoms with Gasteiger partial charge >= 0.3 is 0 Å². The summed E-state index contributed by atoms with van der Waals surface area (Å²) < 4.78 is 1.08. The summed E-state index contributed by atoms with van der Waals surface area (Å²) in [7, 11) is 1.86. The number of amides is 1. The van der Waals surface area contributed by atoms with Gasteiger partial charge in [0, 0.05) is 33.7 Å². The second kappa shape index (κ2) is 4.85. The lowest BCUT2D eigenvalue weighted by Gasteiger charge is -2.34. The van der Waals surface area contributed by atoms with Gasteiger partial charge < -0.3 is 10.6 Å². The van der Waals surface area contributed by atoms with Gasteiger partial charge in [-0.2, -0.15) is 0 Å². The molecule has 88 valence electrons. The van der Waals surface area contributed by atoms with Crippen LogP contribution in [-0.2, 0) is 11.3 Å². The first-order valence-electron chi connectivity index (χ1n) is 5.29. The fourth-order valence-corrected chi connectivity index (χ4v) is 3.43. The molecule has 1 aliphatic carbocycles. The van der Waals surface area contributed by atoms with E-state index in [0.717, 1.165) is 17.3 Å². The first-order chi connectivity index (χ1) is 7.56. The van der Waals surface area contributed by atoms with Crippen LogP contribution in [0.4, 0.5) is 0 Å². The van der Waals surface area contributed by atoms with Crippen LogP contribution in [0.25, 0.3) is 0 Å². The fourth-order valence-electron chi connectivity index (χ4n) is 1.92. The minimum absolute atomic E-state index is 0.156. The Morgan fingerprint density at radius 1 is 1.69 bits per heavy atom. The summed E-state index contributed by atoms with van der Waals surface area (Å²) in [6.07, 6.45) is 1.69. The third-order valence-corrected chi connectivity index (χ3v) is 4.60. The lowest BCUT2D eigenvalue weighted by atomic mass is 9.80. The summed E-state index contributed by atoms with van der Waals surface area (Å²) in [5, 5.41) is 2.03. The number of halogens is 1. The average molecular weight is 303 g/mol. The van der Waals surface area contributed by atoms with Crippen molar-refractivity contribution in [1.82, 2.24) is 4.90 Å². The molecule has 5 heteroatoms. The van der Waals surface area contributed by atoms with Gasteiger partial charge in [-0.1, -0.05) is 0 Å². The molecule has 0 spiro atoms. The van der Waals surface area contributed by atoms with Crippen LogP contribution >= 0.6 is 27.3 Å². The van der Waals surface area contributed by atoms with E-state index in [-0.39, 0.29) is 17.9 Å². The molecule has 0 saturated heterocycles. The summed E-state index contributed by atoms with van der Waals surface area (Å²) in [5.41, 5.74) is 5.69. The molecule has 0 atom stereocenters. The quantitative estimate of drug-likeness (QED) is 0.930. The van der Waals surface area contributed by atoms with E-state index in [4.69, 9.17) is 5.73 Å². The number of rotatable bonds is 3. The van der Waals surface area contributed by atoms with Gasteiger partial charge in [0.15, 0.2) is 0 Å². The molecule has 0 aromatic carbocycles. The highest BCUT2D eigenvalue weighted by atomic mass is 79.9. The van der Waals surface area contributed by atoms with Gasteiger partial charge in [-0.3, -0.25) is 4.79 Å². The normalized spacial score (nSPS) is 23.9. The standard InChI is InChI=1S/C11H15BrN2OS/c1-14(5-10-4-8(12)6-16-10)11(15)7-2-9(13)3-7/h4,6-7,9H,2-3,5,13H2,1H3. The molecule has 0 aliphatic heterocycles. The number of hydrogen-bond acceptors (Lipinski definition) is 3. The van der Waals surface area contributed by atoms with E-state index in [1.165, 1.54) is 4.88 Å². The Kier molecular flexibility index (Phi) is 3.66. The average Bonchev–Trinajstić information content (AvgIpc) is 2.58. The van der Waals surface area contributed by atoms with Gasteiger partial charge in [0.1, 0.15) is 0 Å². The molecule has 1 saturated carbocycles. The largest absolute Gasteiger partial charge is 0.340 e. The SMILES string of the molecule is CN(Cc1cc(Br)cs1)C(=O)C1CC(N)C1. The Labute approximate surface area is 108 Å². The topological polar surface area (TPSA) is 46.3 Å². The predicted molar refractivity (Wildman–Crippen MR) is 69.2 cm³/mol. The van der Waals surface area contributed by atoms with Gasteiger partial charge in [-0.15, -0.1) is 11.3 Å². The highest BCUT2D eigenvalue weighted by Gasteiger charge is 2.33. The van der Waals surface area contributed by atoms with Crippen LogP contribution in [0.1, 0.15) is 17.7 Å². The molecule has 1 aliphatic rings. The summed E-state index contributed by atoms with van der Waals surface area (Å²) in [4.78, 5) is 14.9. The molecular weight excluding hydrogens is 288 g/mol. The van der Waals surface area contributed by atoms with Gasteiger partial charge in [0.05, 0.1) is 6.54 Å². The lowest BCUT2D eigenvalue weighted by Crippen LogP contribution is -2.45. The molecule has 2 N–H and O–H groups in total. The van der Waals surface area contributed by atoms with Crippen molar-refractivity contribution in [3.63, 3.8) is 0 Å². The molecule has 0 unspecified atom stereocenters. The summed E-state index contributed by atoms with van der Waals surface area (Å²) in [5.74, 6) is 0.384. The zero-order chi connectivity index (χ0) is 11.7. The van der Waals surface area contributed by atoms with Gasteiger partial charge in [0.2, 0.25) is 5.91 Å². The summed E-state index contributed by atoms with van der Waals surface area (Å²) in [6.45, 7) is 0.695. The Hall–Kier alpha value is -0.390. The van der Waals surface area contributed by atoms with Crippen LogP contribution < -0.4 is 5.73 Å². The molecular formula is C11H15BrN2OS. The zero-order valence-corrected chi connectivity index (χ0v) is 11.6. The van der Waals surface area contributed by atoms with Crippen LogP contribution in [0.2, 0.25) is 0 Å². The Morgan fingerprint density at radius 3 is 2.88 bits per heavy atom. The van der Waals surface area contributed by atoms with E-state index >= 15 is 0 Å². The Balaban J connectivity index is 1.88.